The van der Waals surface area contributed by atoms with Gasteiger partial charge in [-0.3, -0.25) is 4.79 Å². The van der Waals surface area contributed by atoms with Gasteiger partial charge in [-0.05, 0) is 56.0 Å². The topological polar surface area (TPSA) is 154 Å². The van der Waals surface area contributed by atoms with Crippen LogP contribution < -0.4 is 4.90 Å². The zero-order valence-electron chi connectivity index (χ0n) is 23.3. The second kappa shape index (κ2) is 12.6. The number of ether oxygens (including phenoxy) is 2. The van der Waals surface area contributed by atoms with Crippen LogP contribution in [-0.4, -0.2) is 86.5 Å². The fraction of sp³-hybridized carbons (Fsp3) is 0.448. The van der Waals surface area contributed by atoms with Gasteiger partial charge in [0.2, 0.25) is 0 Å². The van der Waals surface area contributed by atoms with E-state index in [1.165, 1.54) is 60.1 Å². The Kier molecular flexibility index (Phi) is 9.07. The molecule has 14 heteroatoms. The quantitative estimate of drug-likeness (QED) is 0.363. The van der Waals surface area contributed by atoms with Gasteiger partial charge in [-0.1, -0.05) is 22.9 Å². The van der Waals surface area contributed by atoms with Crippen molar-refractivity contribution >= 4 is 23.2 Å². The van der Waals surface area contributed by atoms with Gasteiger partial charge >= 0.3 is 0 Å². The first-order valence-electron chi connectivity index (χ1n) is 13.6. The number of aliphatic hydroxyl groups excluding tert-OH is 3. The highest BCUT2D eigenvalue weighted by atomic mass is 35.5. The van der Waals surface area contributed by atoms with E-state index in [9.17, 15) is 34.2 Å². The average Bonchev–Trinajstić information content (AvgIpc) is 3.64. The van der Waals surface area contributed by atoms with Crippen molar-refractivity contribution in [1.29, 1.82) is 5.26 Å². The molecule has 0 radical (unpaired) electrons. The molecule has 0 spiro atoms. The molecule has 2 fully saturated rings. The predicted molar refractivity (Wildman–Crippen MR) is 149 cm³/mol. The van der Waals surface area contributed by atoms with Crippen molar-refractivity contribution in [2.45, 2.75) is 68.8 Å². The lowest BCUT2D eigenvalue weighted by Gasteiger charge is -2.45. The molecule has 3 aromatic rings. The first-order valence-corrected chi connectivity index (χ1v) is 14.0. The predicted octanol–water partition coefficient (Wildman–Crippen LogP) is 2.68. The lowest BCUT2D eigenvalue weighted by atomic mass is 9.91. The van der Waals surface area contributed by atoms with Crippen LogP contribution in [0.15, 0.2) is 36.5 Å². The van der Waals surface area contributed by atoms with E-state index >= 15 is 0 Å². The van der Waals surface area contributed by atoms with Gasteiger partial charge in [-0.15, -0.1) is 5.10 Å². The molecule has 0 unspecified atom stereocenters. The summed E-state index contributed by atoms with van der Waals surface area (Å²) in [5, 5.41) is 49.8. The summed E-state index contributed by atoms with van der Waals surface area (Å²) in [5.41, 5.74) is 0.358. The molecule has 43 heavy (non-hydrogen) atoms. The van der Waals surface area contributed by atoms with Crippen molar-refractivity contribution in [3.63, 3.8) is 0 Å². The molecular formula is C29H30ClF2N5O6. The monoisotopic (exact) mass is 617 g/mol. The molecular weight excluding hydrogens is 588 g/mol. The number of hydrogen-bond acceptors (Lipinski definition) is 9. The molecule has 1 aliphatic heterocycles. The number of hydrogen-bond donors (Lipinski definition) is 3. The summed E-state index contributed by atoms with van der Waals surface area (Å²) in [4.78, 5) is 15.7. The molecule has 1 saturated heterocycles. The van der Waals surface area contributed by atoms with Crippen LogP contribution in [0.2, 0.25) is 5.02 Å². The first kappa shape index (κ1) is 30.9. The van der Waals surface area contributed by atoms with E-state index in [-0.39, 0.29) is 33.1 Å². The second-order valence-electron chi connectivity index (χ2n) is 10.7. The van der Waals surface area contributed by atoms with Gasteiger partial charge in [-0.2, -0.15) is 5.26 Å². The van der Waals surface area contributed by atoms with Gasteiger partial charge in [0.1, 0.15) is 30.0 Å². The Morgan fingerprint density at radius 3 is 2.67 bits per heavy atom. The molecule has 5 rings (SSSR count). The Morgan fingerprint density at radius 2 is 2.02 bits per heavy atom. The molecule has 3 N–H and O–H groups in total. The smallest absolute Gasteiger partial charge is 0.259 e. The first-order chi connectivity index (χ1) is 20.6. The molecule has 1 aliphatic carbocycles. The number of rotatable bonds is 7. The van der Waals surface area contributed by atoms with Crippen LogP contribution in [0.5, 0.6) is 0 Å². The molecule has 11 nitrogen and oxygen atoms in total. The van der Waals surface area contributed by atoms with Crippen molar-refractivity contribution in [3.05, 3.63) is 64.3 Å². The maximum Gasteiger partial charge on any atom is 0.259 e. The maximum absolute atomic E-state index is 14.7. The van der Waals surface area contributed by atoms with Gasteiger partial charge in [0.25, 0.3) is 5.91 Å². The number of carbonyl (C=O) groups excluding carboxylic acids is 1. The highest BCUT2D eigenvalue weighted by Gasteiger charge is 2.52. The molecule has 1 saturated carbocycles. The van der Waals surface area contributed by atoms with Gasteiger partial charge in [-0.25, -0.2) is 13.5 Å². The second-order valence-corrected chi connectivity index (χ2v) is 11.1. The highest BCUT2D eigenvalue weighted by molar-refractivity contribution is 6.31. The zero-order valence-corrected chi connectivity index (χ0v) is 24.0. The number of halogens is 3. The minimum absolute atomic E-state index is 0.0352. The van der Waals surface area contributed by atoms with E-state index in [4.69, 9.17) is 21.1 Å². The number of aromatic nitrogens is 3. The Labute approximate surface area is 250 Å². The fourth-order valence-corrected chi connectivity index (χ4v) is 6.10. The number of anilines is 1. The third kappa shape index (κ3) is 5.74. The molecule has 228 valence electrons. The van der Waals surface area contributed by atoms with E-state index in [0.29, 0.717) is 19.3 Å². The van der Waals surface area contributed by atoms with E-state index < -0.39 is 66.8 Å². The minimum Gasteiger partial charge on any atom is -0.394 e. The maximum atomic E-state index is 14.7. The molecule has 0 bridgehead atoms. The van der Waals surface area contributed by atoms with Crippen molar-refractivity contribution in [2.24, 2.45) is 0 Å². The fourth-order valence-electron chi connectivity index (χ4n) is 5.87. The van der Waals surface area contributed by atoms with Crippen LogP contribution in [0.3, 0.4) is 0 Å². The molecule has 1 aromatic heterocycles. The lowest BCUT2D eigenvalue weighted by Crippen LogP contribution is -2.62. The van der Waals surface area contributed by atoms with Crippen LogP contribution in [0.25, 0.3) is 11.3 Å². The van der Waals surface area contributed by atoms with Gasteiger partial charge in [0.15, 0.2) is 17.7 Å². The normalized spacial score (nSPS) is 27.2. The number of aryl methyl sites for hydroxylation is 1. The number of aliphatic hydroxyl groups is 3. The summed E-state index contributed by atoms with van der Waals surface area (Å²) >= 11 is 6.27. The average molecular weight is 618 g/mol. The third-order valence-electron chi connectivity index (χ3n) is 8.05. The third-order valence-corrected chi connectivity index (χ3v) is 8.27. The Morgan fingerprint density at radius 1 is 1.26 bits per heavy atom. The molecule has 2 heterocycles. The minimum atomic E-state index is -1.46. The summed E-state index contributed by atoms with van der Waals surface area (Å²) in [5.74, 6) is -2.83. The molecule has 2 aliphatic rings. The zero-order chi connectivity index (χ0) is 31.0. The molecule has 7 atom stereocenters. The Hall–Kier alpha value is -3.51. The summed E-state index contributed by atoms with van der Waals surface area (Å²) < 4.78 is 41.8. The SMILES string of the molecule is CO[C@@H]1[C@@H](n2cc(-c3ccc(C)c(F)c3F)nn2)[C@@H](O)[C@@H](CO)O[C@H]1C(=O)N(c1cc(Cl)cc(C#N)c1)[C@H]1CCC[C@@H]1O. The Bertz CT molecular complexity index is 1550. The molecule has 1 amide bonds. The highest BCUT2D eigenvalue weighted by Crippen LogP contribution is 2.37. The summed E-state index contributed by atoms with van der Waals surface area (Å²) in [6, 6.07) is 7.29. The van der Waals surface area contributed by atoms with Crippen LogP contribution in [0, 0.1) is 29.9 Å². The van der Waals surface area contributed by atoms with Gasteiger partial charge < -0.3 is 29.7 Å². The largest absolute Gasteiger partial charge is 0.394 e. The van der Waals surface area contributed by atoms with E-state index in [2.05, 4.69) is 10.3 Å². The number of carbonyl (C=O) groups is 1. The van der Waals surface area contributed by atoms with Crippen molar-refractivity contribution in [3.8, 4) is 17.3 Å². The van der Waals surface area contributed by atoms with Gasteiger partial charge in [0, 0.05) is 23.4 Å². The molecule has 2 aromatic carbocycles. The van der Waals surface area contributed by atoms with Crippen molar-refractivity contribution < 1.29 is 38.4 Å². The number of methoxy groups -OCH3 is 1. The lowest BCUT2D eigenvalue weighted by molar-refractivity contribution is -0.211. The van der Waals surface area contributed by atoms with Gasteiger partial charge in [0.05, 0.1) is 36.6 Å². The number of amides is 1. The van der Waals surface area contributed by atoms with E-state index in [1.807, 2.05) is 6.07 Å². The van der Waals surface area contributed by atoms with E-state index in [0.717, 1.165) is 0 Å². The number of nitrogens with zero attached hydrogens (tertiary/aromatic N) is 5. The summed E-state index contributed by atoms with van der Waals surface area (Å²) in [6.07, 6.45) is -3.49. The standard InChI is InChI=1S/C29H30ClF2N5O6/c1-14-6-7-18(24(32)23(14)31)19-12-36(35-34-19)25-26(40)22(13-38)43-28(27(25)42-2)29(41)37(20-4-3-5-21(20)39)17-9-15(11-33)8-16(30)10-17/h6-10,12,20-22,25-28,38-40H,3-5,13H2,1-2H3/t20-,21-,22+,25-,26-,27+,28+/m0/s1. The van der Waals surface area contributed by atoms with Crippen molar-refractivity contribution in [2.75, 3.05) is 18.6 Å². The van der Waals surface area contributed by atoms with Crippen molar-refractivity contribution in [1.82, 2.24) is 15.0 Å². The van der Waals surface area contributed by atoms with Crippen LogP contribution in [-0.2, 0) is 14.3 Å². The summed E-state index contributed by atoms with van der Waals surface area (Å²) in [7, 11) is 1.29. The number of nitriles is 1. The van der Waals surface area contributed by atoms with E-state index in [1.54, 1.807) is 0 Å². The van der Waals surface area contributed by atoms with Crippen LogP contribution in [0.4, 0.5) is 14.5 Å². The summed E-state index contributed by atoms with van der Waals surface area (Å²) in [6.45, 7) is 0.740. The van der Waals surface area contributed by atoms with Crippen LogP contribution in [0.1, 0.15) is 36.4 Å². The van der Waals surface area contributed by atoms with Crippen LogP contribution >= 0.6 is 11.6 Å². The Balaban J connectivity index is 1.56. The number of benzene rings is 2.